The fourth-order valence-corrected chi connectivity index (χ4v) is 3.56. The Morgan fingerprint density at radius 1 is 1.03 bits per heavy atom. The highest BCUT2D eigenvalue weighted by Gasteiger charge is 2.33. The van der Waals surface area contributed by atoms with Crippen molar-refractivity contribution in [1.29, 1.82) is 0 Å². The van der Waals surface area contributed by atoms with Crippen LogP contribution in [-0.4, -0.2) is 22.2 Å². The number of nitrogens with zero attached hydrogens (tertiary/aromatic N) is 2. The molecule has 1 radical (unpaired) electrons. The lowest BCUT2D eigenvalue weighted by Crippen LogP contribution is -2.12. The van der Waals surface area contributed by atoms with E-state index < -0.39 is 16.8 Å². The van der Waals surface area contributed by atoms with E-state index in [2.05, 4.69) is 20.6 Å². The molecule has 0 unspecified atom stereocenters. The van der Waals surface area contributed by atoms with Crippen LogP contribution in [0.25, 0.3) is 10.9 Å². The minimum atomic E-state index is -4.59. The molecule has 10 heteroatoms. The maximum absolute atomic E-state index is 13.2. The first kappa shape index (κ1) is 23.2. The van der Waals surface area contributed by atoms with Crippen LogP contribution >= 0.6 is 11.6 Å². The second-order valence-electron chi connectivity index (χ2n) is 7.23. The molecular formula is C24H15ClF3N4O2. The van der Waals surface area contributed by atoms with Gasteiger partial charge in [-0.2, -0.15) is 13.2 Å². The predicted octanol–water partition coefficient (Wildman–Crippen LogP) is 5.62. The smallest absolute Gasteiger partial charge is 0.365 e. The molecule has 0 atom stereocenters. The summed E-state index contributed by atoms with van der Waals surface area (Å²) in [5, 5.41) is 5.67. The Bertz CT molecular complexity index is 1380. The van der Waals surface area contributed by atoms with E-state index in [0.29, 0.717) is 22.2 Å². The van der Waals surface area contributed by atoms with E-state index in [-0.39, 0.29) is 29.3 Å². The summed E-state index contributed by atoms with van der Waals surface area (Å²) in [7, 11) is 0. The highest BCUT2D eigenvalue weighted by molar-refractivity contribution is 6.31. The summed E-state index contributed by atoms with van der Waals surface area (Å²) in [6, 6.07) is 15.1. The molecule has 0 aliphatic carbocycles. The Balaban J connectivity index is 1.65. The van der Waals surface area contributed by atoms with Crippen molar-refractivity contribution in [3.63, 3.8) is 0 Å². The molecule has 4 aromatic rings. The lowest BCUT2D eigenvalue weighted by Gasteiger charge is -2.13. The molecule has 2 N–H and O–H groups in total. The van der Waals surface area contributed by atoms with Gasteiger partial charge in [-0.25, -0.2) is 9.97 Å². The van der Waals surface area contributed by atoms with Crippen LogP contribution < -0.4 is 10.6 Å². The van der Waals surface area contributed by atoms with Gasteiger partial charge in [0.15, 0.2) is 0 Å². The van der Waals surface area contributed by atoms with Gasteiger partial charge >= 0.3 is 6.18 Å². The van der Waals surface area contributed by atoms with Crippen molar-refractivity contribution in [3.8, 4) is 0 Å². The second-order valence-corrected chi connectivity index (χ2v) is 7.64. The quantitative estimate of drug-likeness (QED) is 0.371. The van der Waals surface area contributed by atoms with Crippen LogP contribution in [0.15, 0.2) is 67.0 Å². The van der Waals surface area contributed by atoms with E-state index in [1.54, 1.807) is 42.7 Å². The van der Waals surface area contributed by atoms with E-state index in [0.717, 1.165) is 6.07 Å². The van der Waals surface area contributed by atoms with Crippen molar-refractivity contribution in [2.75, 3.05) is 10.6 Å². The number of alkyl halides is 3. The average Bonchev–Trinajstić information content (AvgIpc) is 2.83. The zero-order valence-electron chi connectivity index (χ0n) is 17.3. The Morgan fingerprint density at radius 3 is 2.50 bits per heavy atom. The highest BCUT2D eigenvalue weighted by atomic mass is 35.5. The lowest BCUT2D eigenvalue weighted by molar-refractivity contribution is -0.137. The number of rotatable bonds is 6. The molecular weight excluding hydrogens is 469 g/mol. The van der Waals surface area contributed by atoms with Crippen molar-refractivity contribution in [1.82, 2.24) is 9.97 Å². The van der Waals surface area contributed by atoms with Crippen LogP contribution in [0.2, 0.25) is 5.02 Å². The van der Waals surface area contributed by atoms with Gasteiger partial charge in [-0.3, -0.25) is 9.59 Å². The van der Waals surface area contributed by atoms with Gasteiger partial charge in [0.25, 0.3) is 5.91 Å². The van der Waals surface area contributed by atoms with Crippen LogP contribution in [-0.2, 0) is 17.5 Å². The second kappa shape index (κ2) is 9.48. The Labute approximate surface area is 196 Å². The van der Waals surface area contributed by atoms with Crippen LogP contribution in [0.3, 0.4) is 0 Å². The van der Waals surface area contributed by atoms with Crippen molar-refractivity contribution >= 4 is 46.2 Å². The molecule has 0 aliphatic heterocycles. The number of aromatic nitrogens is 2. The third kappa shape index (κ3) is 4.99. The summed E-state index contributed by atoms with van der Waals surface area (Å²) in [5.41, 5.74) is 0.479. The first-order valence-electron chi connectivity index (χ1n) is 9.89. The SMILES string of the molecule is O=[C]c1cc(NC(=O)c2ccccc2)cc2c(NCc3ccc(Cl)c(C(F)(F)F)c3)ncnc12. The molecule has 4 rings (SSSR count). The number of hydrogen-bond donors (Lipinski definition) is 2. The Morgan fingerprint density at radius 2 is 1.79 bits per heavy atom. The van der Waals surface area contributed by atoms with Gasteiger partial charge in [0.2, 0.25) is 6.29 Å². The summed E-state index contributed by atoms with van der Waals surface area (Å²) < 4.78 is 39.5. The number of anilines is 2. The molecule has 0 bridgehead atoms. The fraction of sp³-hybridized carbons (Fsp3) is 0.0833. The Hall–Kier alpha value is -3.98. The van der Waals surface area contributed by atoms with Crippen molar-refractivity contribution in [2.45, 2.75) is 12.7 Å². The average molecular weight is 484 g/mol. The van der Waals surface area contributed by atoms with Crippen LogP contribution in [0.1, 0.15) is 27.0 Å². The summed E-state index contributed by atoms with van der Waals surface area (Å²) in [6.45, 7) is -0.00684. The summed E-state index contributed by atoms with van der Waals surface area (Å²) in [6.07, 6.45) is -1.57. The molecule has 6 nitrogen and oxygen atoms in total. The molecule has 0 saturated heterocycles. The molecule has 0 saturated carbocycles. The highest BCUT2D eigenvalue weighted by Crippen LogP contribution is 2.35. The molecule has 1 heterocycles. The van der Waals surface area contributed by atoms with Crippen molar-refractivity contribution < 1.29 is 22.8 Å². The Kier molecular flexibility index (Phi) is 6.47. The third-order valence-corrected chi connectivity index (χ3v) is 5.27. The van der Waals surface area contributed by atoms with Gasteiger partial charge in [-0.05, 0) is 42.0 Å². The van der Waals surface area contributed by atoms with Gasteiger partial charge in [-0.15, -0.1) is 0 Å². The summed E-state index contributed by atoms with van der Waals surface area (Å²) in [5.74, 6) is -0.121. The number of benzene rings is 3. The first-order valence-corrected chi connectivity index (χ1v) is 10.3. The lowest BCUT2D eigenvalue weighted by atomic mass is 10.1. The summed E-state index contributed by atoms with van der Waals surface area (Å²) >= 11 is 5.68. The molecule has 34 heavy (non-hydrogen) atoms. The van der Waals surface area contributed by atoms with Crippen molar-refractivity contribution in [2.24, 2.45) is 0 Å². The van der Waals surface area contributed by atoms with E-state index in [4.69, 9.17) is 11.6 Å². The van der Waals surface area contributed by atoms with Crippen molar-refractivity contribution in [3.05, 3.63) is 94.3 Å². The van der Waals surface area contributed by atoms with Crippen LogP contribution in [0.5, 0.6) is 0 Å². The van der Waals surface area contributed by atoms with Crippen LogP contribution in [0, 0.1) is 0 Å². The summed E-state index contributed by atoms with van der Waals surface area (Å²) in [4.78, 5) is 32.3. The van der Waals surface area contributed by atoms with E-state index in [1.807, 2.05) is 0 Å². The maximum atomic E-state index is 13.2. The molecule has 0 fully saturated rings. The van der Waals surface area contributed by atoms with Gasteiger partial charge in [-0.1, -0.05) is 35.9 Å². The third-order valence-electron chi connectivity index (χ3n) is 4.94. The monoisotopic (exact) mass is 483 g/mol. The number of amides is 1. The normalized spacial score (nSPS) is 11.3. The predicted molar refractivity (Wildman–Crippen MR) is 123 cm³/mol. The van der Waals surface area contributed by atoms with E-state index in [9.17, 15) is 22.8 Å². The zero-order chi connectivity index (χ0) is 24.3. The molecule has 3 aromatic carbocycles. The van der Waals surface area contributed by atoms with E-state index >= 15 is 0 Å². The molecule has 1 aromatic heterocycles. The van der Waals surface area contributed by atoms with Crippen LogP contribution in [0.4, 0.5) is 24.7 Å². The number of hydrogen-bond acceptors (Lipinski definition) is 5. The first-order chi connectivity index (χ1) is 16.3. The number of carbonyl (C=O) groups excluding carboxylic acids is 2. The maximum Gasteiger partial charge on any atom is 0.417 e. The number of fused-ring (bicyclic) bond motifs is 1. The molecule has 1 amide bonds. The topological polar surface area (TPSA) is 84.0 Å². The van der Waals surface area contributed by atoms with Gasteiger partial charge < -0.3 is 10.6 Å². The van der Waals surface area contributed by atoms with E-state index in [1.165, 1.54) is 24.5 Å². The number of nitrogens with one attached hydrogen (secondary N) is 2. The minimum Gasteiger partial charge on any atom is -0.365 e. The van der Waals surface area contributed by atoms with Gasteiger partial charge in [0.05, 0.1) is 21.7 Å². The molecule has 0 aliphatic rings. The fourth-order valence-electron chi connectivity index (χ4n) is 3.34. The molecule has 0 spiro atoms. The number of halogens is 4. The number of carbonyl (C=O) groups is 1. The van der Waals surface area contributed by atoms with Gasteiger partial charge in [0, 0.05) is 23.2 Å². The zero-order valence-corrected chi connectivity index (χ0v) is 18.0. The minimum absolute atomic E-state index is 0.00684. The standard InChI is InChI=1S/C24H15ClF3N4O2/c25-20-7-6-14(8-19(20)24(26,27)28)11-29-22-18-10-17(9-16(12-33)21(18)30-13-31-22)32-23(34)15-4-2-1-3-5-15/h1-10,13H,11H2,(H,32,34)(H,29,30,31). The van der Waals surface area contributed by atoms with Gasteiger partial charge in [0.1, 0.15) is 12.1 Å². The molecule has 171 valence electrons. The largest absolute Gasteiger partial charge is 0.417 e.